The van der Waals surface area contributed by atoms with Gasteiger partial charge in [-0.15, -0.1) is 0 Å². The lowest BCUT2D eigenvalue weighted by Gasteiger charge is -2.18. The minimum absolute atomic E-state index is 0.272. The lowest BCUT2D eigenvalue weighted by molar-refractivity contribution is 0.142. The molecule has 2 unspecified atom stereocenters. The van der Waals surface area contributed by atoms with E-state index < -0.39 is 0 Å². The summed E-state index contributed by atoms with van der Waals surface area (Å²) in [6.45, 7) is 4.89. The molecular formula is C15H23NO2. The molecule has 2 rings (SSSR count). The molecule has 0 fully saturated rings. The summed E-state index contributed by atoms with van der Waals surface area (Å²) in [4.78, 5) is 0. The third-order valence-corrected chi connectivity index (χ3v) is 3.55. The molecule has 3 heteroatoms. The van der Waals surface area contributed by atoms with Crippen LogP contribution in [0.4, 0.5) is 0 Å². The second kappa shape index (κ2) is 5.72. The van der Waals surface area contributed by atoms with Crippen LogP contribution in [0.5, 0.6) is 5.75 Å². The summed E-state index contributed by atoms with van der Waals surface area (Å²) in [6.07, 6.45) is 2.61. The topological polar surface area (TPSA) is 52.5 Å². The van der Waals surface area contributed by atoms with Gasteiger partial charge in [-0.25, -0.2) is 0 Å². The van der Waals surface area contributed by atoms with Gasteiger partial charge in [0.05, 0.1) is 6.10 Å². The van der Waals surface area contributed by atoms with Gasteiger partial charge in [0, 0.05) is 12.6 Å². The van der Waals surface area contributed by atoms with E-state index in [2.05, 4.69) is 19.2 Å². The number of aromatic hydroxyl groups is 1. The van der Waals surface area contributed by atoms with Crippen molar-refractivity contribution in [3.8, 4) is 5.75 Å². The maximum absolute atomic E-state index is 9.87. The second-order valence-corrected chi connectivity index (χ2v) is 5.67. The van der Waals surface area contributed by atoms with Crippen LogP contribution in [0.1, 0.15) is 43.9 Å². The predicted octanol–water partition coefficient (Wildman–Crippen LogP) is 2.38. The first-order chi connectivity index (χ1) is 8.56. The van der Waals surface area contributed by atoms with Gasteiger partial charge in [-0.05, 0) is 48.4 Å². The number of phenolic OH excluding ortho intramolecular Hbond substituents is 1. The summed E-state index contributed by atoms with van der Waals surface area (Å²) in [5, 5.41) is 22.7. The molecule has 0 aliphatic heterocycles. The molecule has 1 aliphatic rings. The average Bonchev–Trinajstić information content (AvgIpc) is 2.67. The third kappa shape index (κ3) is 3.24. The smallest absolute Gasteiger partial charge is 0.115 e. The van der Waals surface area contributed by atoms with Gasteiger partial charge in [-0.1, -0.05) is 19.9 Å². The van der Waals surface area contributed by atoms with Gasteiger partial charge in [-0.3, -0.25) is 0 Å². The molecule has 0 saturated carbocycles. The van der Waals surface area contributed by atoms with Crippen molar-refractivity contribution in [2.75, 3.05) is 6.54 Å². The van der Waals surface area contributed by atoms with E-state index >= 15 is 0 Å². The Morgan fingerprint density at radius 2 is 2.17 bits per heavy atom. The number of rotatable bonds is 5. The maximum atomic E-state index is 9.87. The Bertz CT molecular complexity index is 403. The van der Waals surface area contributed by atoms with E-state index in [9.17, 15) is 10.2 Å². The molecule has 0 saturated heterocycles. The Morgan fingerprint density at radius 3 is 2.89 bits per heavy atom. The summed E-state index contributed by atoms with van der Waals surface area (Å²) in [6, 6.07) is 5.90. The molecule has 1 aliphatic carbocycles. The number of hydrogen-bond donors (Lipinski definition) is 3. The zero-order valence-corrected chi connectivity index (χ0v) is 11.2. The fraction of sp³-hybridized carbons (Fsp3) is 0.600. The highest BCUT2D eigenvalue weighted by Gasteiger charge is 2.22. The first-order valence-corrected chi connectivity index (χ1v) is 6.79. The maximum Gasteiger partial charge on any atom is 0.115 e. The van der Waals surface area contributed by atoms with Crippen molar-refractivity contribution < 1.29 is 10.2 Å². The Morgan fingerprint density at radius 1 is 1.39 bits per heavy atom. The number of phenols is 1. The van der Waals surface area contributed by atoms with Crippen molar-refractivity contribution in [3.05, 3.63) is 29.3 Å². The van der Waals surface area contributed by atoms with E-state index in [1.807, 2.05) is 12.1 Å². The minimum Gasteiger partial charge on any atom is -0.508 e. The van der Waals surface area contributed by atoms with E-state index in [0.29, 0.717) is 24.3 Å². The molecule has 100 valence electrons. The fourth-order valence-electron chi connectivity index (χ4n) is 2.72. The van der Waals surface area contributed by atoms with Gasteiger partial charge >= 0.3 is 0 Å². The average molecular weight is 249 g/mol. The van der Waals surface area contributed by atoms with Crippen LogP contribution in [-0.2, 0) is 6.42 Å². The highest BCUT2D eigenvalue weighted by atomic mass is 16.3. The van der Waals surface area contributed by atoms with Gasteiger partial charge in [0.2, 0.25) is 0 Å². The number of aliphatic hydroxyl groups is 1. The van der Waals surface area contributed by atoms with Crippen LogP contribution in [-0.4, -0.2) is 22.9 Å². The van der Waals surface area contributed by atoms with E-state index in [1.54, 1.807) is 6.07 Å². The second-order valence-electron chi connectivity index (χ2n) is 5.67. The minimum atomic E-state index is -0.272. The number of aliphatic hydroxyl groups excluding tert-OH is 1. The molecule has 0 spiro atoms. The van der Waals surface area contributed by atoms with E-state index in [0.717, 1.165) is 19.3 Å². The summed E-state index contributed by atoms with van der Waals surface area (Å²) >= 11 is 0. The largest absolute Gasteiger partial charge is 0.508 e. The Kier molecular flexibility index (Phi) is 4.25. The van der Waals surface area contributed by atoms with Crippen LogP contribution >= 0.6 is 0 Å². The fourth-order valence-corrected chi connectivity index (χ4v) is 2.72. The highest BCUT2D eigenvalue weighted by Crippen LogP contribution is 2.33. The number of aryl methyl sites for hydroxylation is 1. The Labute approximate surface area is 109 Å². The van der Waals surface area contributed by atoms with E-state index in [1.165, 1.54) is 11.1 Å². The zero-order chi connectivity index (χ0) is 13.1. The molecule has 3 nitrogen and oxygen atoms in total. The summed E-state index contributed by atoms with van der Waals surface area (Å²) in [5.74, 6) is 0.865. The number of nitrogens with one attached hydrogen (secondary N) is 1. The van der Waals surface area contributed by atoms with Crippen molar-refractivity contribution in [3.63, 3.8) is 0 Å². The molecule has 18 heavy (non-hydrogen) atoms. The standard InChI is InChI=1S/C15H23NO2/c1-10(2)7-13(18)9-16-15-6-3-11-8-12(17)4-5-14(11)15/h4-5,8,10,13,15-18H,3,6-7,9H2,1-2H3. The predicted molar refractivity (Wildman–Crippen MR) is 72.6 cm³/mol. The van der Waals surface area contributed by atoms with Crippen LogP contribution in [0.3, 0.4) is 0 Å². The summed E-state index contributed by atoms with van der Waals surface area (Å²) < 4.78 is 0. The van der Waals surface area contributed by atoms with E-state index in [-0.39, 0.29) is 6.10 Å². The first kappa shape index (κ1) is 13.4. The number of benzene rings is 1. The molecule has 0 amide bonds. The molecule has 0 bridgehead atoms. The lowest BCUT2D eigenvalue weighted by atomic mass is 10.0. The van der Waals surface area contributed by atoms with Crippen molar-refractivity contribution in [2.45, 2.75) is 45.3 Å². The van der Waals surface area contributed by atoms with Crippen molar-refractivity contribution in [1.29, 1.82) is 0 Å². The molecule has 0 aromatic heterocycles. The van der Waals surface area contributed by atoms with E-state index in [4.69, 9.17) is 0 Å². The van der Waals surface area contributed by atoms with Crippen LogP contribution in [0.25, 0.3) is 0 Å². The van der Waals surface area contributed by atoms with Gasteiger partial charge in [0.25, 0.3) is 0 Å². The molecule has 1 aromatic rings. The van der Waals surface area contributed by atoms with Crippen LogP contribution in [0.15, 0.2) is 18.2 Å². The quantitative estimate of drug-likeness (QED) is 0.751. The van der Waals surface area contributed by atoms with Gasteiger partial charge < -0.3 is 15.5 Å². The zero-order valence-electron chi connectivity index (χ0n) is 11.2. The van der Waals surface area contributed by atoms with Gasteiger partial charge in [0.15, 0.2) is 0 Å². The van der Waals surface area contributed by atoms with Crippen molar-refractivity contribution in [2.24, 2.45) is 5.92 Å². The molecule has 2 atom stereocenters. The monoisotopic (exact) mass is 249 g/mol. The Hall–Kier alpha value is -1.06. The van der Waals surface area contributed by atoms with Crippen LogP contribution in [0.2, 0.25) is 0 Å². The van der Waals surface area contributed by atoms with Crippen molar-refractivity contribution in [1.82, 2.24) is 5.32 Å². The third-order valence-electron chi connectivity index (χ3n) is 3.55. The molecule has 1 aromatic carbocycles. The summed E-state index contributed by atoms with van der Waals surface area (Å²) in [5.41, 5.74) is 2.50. The Balaban J connectivity index is 1.90. The molecule has 0 radical (unpaired) electrons. The normalized spacial score (nSPS) is 20.1. The molecule has 3 N–H and O–H groups in total. The number of hydrogen-bond acceptors (Lipinski definition) is 3. The number of fused-ring (bicyclic) bond motifs is 1. The lowest BCUT2D eigenvalue weighted by Crippen LogP contribution is -2.30. The molecular weight excluding hydrogens is 226 g/mol. The van der Waals surface area contributed by atoms with Crippen LogP contribution < -0.4 is 5.32 Å². The summed E-state index contributed by atoms with van der Waals surface area (Å²) in [7, 11) is 0. The van der Waals surface area contributed by atoms with Crippen LogP contribution in [0, 0.1) is 5.92 Å². The highest BCUT2D eigenvalue weighted by molar-refractivity contribution is 5.39. The van der Waals surface area contributed by atoms with Gasteiger partial charge in [-0.2, -0.15) is 0 Å². The first-order valence-electron chi connectivity index (χ1n) is 6.79. The van der Waals surface area contributed by atoms with Crippen molar-refractivity contribution >= 4 is 0 Å². The molecule has 0 heterocycles. The van der Waals surface area contributed by atoms with Gasteiger partial charge in [0.1, 0.15) is 5.75 Å². The SMILES string of the molecule is CC(C)CC(O)CNC1CCc2cc(O)ccc21.